The monoisotopic (exact) mass is 441 g/mol. The molecule has 162 valence electrons. The van der Waals surface area contributed by atoms with E-state index in [1.807, 2.05) is 0 Å². The Hall–Kier alpha value is -1.88. The van der Waals surface area contributed by atoms with Gasteiger partial charge in [0.1, 0.15) is 17.0 Å². The molecule has 0 saturated heterocycles. The Bertz CT molecular complexity index is 881. The van der Waals surface area contributed by atoms with Gasteiger partial charge in [0, 0.05) is 12.7 Å². The lowest BCUT2D eigenvalue weighted by atomic mass is 10.1. The van der Waals surface area contributed by atoms with Crippen molar-refractivity contribution in [2.75, 3.05) is 7.05 Å². The molecule has 0 bridgehead atoms. The number of benzene rings is 1. The van der Waals surface area contributed by atoms with Crippen molar-refractivity contribution in [1.29, 1.82) is 0 Å². The molecule has 2 rings (SSSR count). The summed E-state index contributed by atoms with van der Waals surface area (Å²) < 4.78 is 92.9. The van der Waals surface area contributed by atoms with Gasteiger partial charge in [-0.1, -0.05) is 12.1 Å². The summed E-state index contributed by atoms with van der Waals surface area (Å²) in [4.78, 5) is 0. The fraction of sp³-hybridized carbons (Fsp3) is 0.500. The average Bonchev–Trinajstić information content (AvgIpc) is 2.95. The second-order valence-electron chi connectivity index (χ2n) is 7.52. The van der Waals surface area contributed by atoms with E-state index in [1.165, 1.54) is 19.1 Å². The van der Waals surface area contributed by atoms with Crippen LogP contribution in [0.3, 0.4) is 0 Å². The van der Waals surface area contributed by atoms with Crippen LogP contribution in [-0.4, -0.2) is 36.3 Å². The van der Waals surface area contributed by atoms with Gasteiger partial charge < -0.3 is 0 Å². The summed E-state index contributed by atoms with van der Waals surface area (Å²) in [5.74, 6) is 0. The van der Waals surface area contributed by atoms with Crippen LogP contribution >= 0.6 is 0 Å². The molecule has 0 unspecified atom stereocenters. The standard InChI is InChI=1S/C18H21F6N3OS/c1-11-10-14(17(19,20)21)25-27(11)13-8-6-12(7-9-13)15(18(22,23)24)26(5)29(28)16(2,3)4/h6-10,15H,1-5H3/t15-,29+/m1/s1. The largest absolute Gasteiger partial charge is 0.435 e. The molecule has 0 fully saturated rings. The Morgan fingerprint density at radius 2 is 1.55 bits per heavy atom. The predicted molar refractivity (Wildman–Crippen MR) is 97.8 cm³/mol. The molecule has 0 aliphatic heterocycles. The lowest BCUT2D eigenvalue weighted by Gasteiger charge is -2.33. The quantitative estimate of drug-likeness (QED) is 0.612. The molecule has 0 aliphatic carbocycles. The number of hydrogen-bond donors (Lipinski definition) is 0. The molecule has 1 aromatic carbocycles. The number of nitrogens with zero attached hydrogens (tertiary/aromatic N) is 3. The maximum atomic E-state index is 13.7. The van der Waals surface area contributed by atoms with Gasteiger partial charge in [-0.3, -0.25) is 0 Å². The van der Waals surface area contributed by atoms with E-state index >= 15 is 0 Å². The Labute approximate surface area is 167 Å². The van der Waals surface area contributed by atoms with E-state index in [9.17, 15) is 30.6 Å². The van der Waals surface area contributed by atoms with Crippen molar-refractivity contribution in [1.82, 2.24) is 14.1 Å². The van der Waals surface area contributed by atoms with E-state index < -0.39 is 39.8 Å². The molecule has 11 heteroatoms. The normalized spacial score (nSPS) is 15.6. The van der Waals surface area contributed by atoms with E-state index in [0.29, 0.717) is 0 Å². The van der Waals surface area contributed by atoms with Gasteiger partial charge in [0.05, 0.1) is 10.4 Å². The van der Waals surface area contributed by atoms with Crippen molar-refractivity contribution < 1.29 is 30.6 Å². The topological polar surface area (TPSA) is 38.1 Å². The molecule has 2 aromatic rings. The summed E-state index contributed by atoms with van der Waals surface area (Å²) >= 11 is 0. The first-order valence-electron chi connectivity index (χ1n) is 8.49. The maximum absolute atomic E-state index is 13.7. The van der Waals surface area contributed by atoms with Crippen molar-refractivity contribution in [2.24, 2.45) is 0 Å². The number of rotatable bonds is 4. The third-order valence-corrected chi connectivity index (χ3v) is 5.87. The van der Waals surface area contributed by atoms with E-state index in [2.05, 4.69) is 5.10 Å². The van der Waals surface area contributed by atoms with Crippen molar-refractivity contribution in [3.05, 3.63) is 47.3 Å². The first-order valence-corrected chi connectivity index (χ1v) is 9.60. The molecular formula is C18H21F6N3OS. The fourth-order valence-electron chi connectivity index (χ4n) is 2.80. The fourth-order valence-corrected chi connectivity index (χ4v) is 4.10. The SMILES string of the molecule is Cc1cc(C(F)(F)F)nn1-c1ccc([C@@H](N(C)[S@@](=O)C(C)(C)C)C(F)(F)F)cc1. The molecule has 1 heterocycles. The van der Waals surface area contributed by atoms with Crippen molar-refractivity contribution in [3.8, 4) is 5.69 Å². The van der Waals surface area contributed by atoms with Gasteiger partial charge in [-0.15, -0.1) is 0 Å². The van der Waals surface area contributed by atoms with Gasteiger partial charge in [-0.25, -0.2) is 13.2 Å². The van der Waals surface area contributed by atoms with Crippen LogP contribution in [0.5, 0.6) is 0 Å². The minimum absolute atomic E-state index is 0.179. The third kappa shape index (κ3) is 5.19. The zero-order valence-corrected chi connectivity index (χ0v) is 17.2. The Balaban J connectivity index is 2.43. The minimum atomic E-state index is -4.71. The van der Waals surface area contributed by atoms with Crippen LogP contribution in [0.2, 0.25) is 0 Å². The van der Waals surface area contributed by atoms with E-state index in [-0.39, 0.29) is 16.9 Å². The molecule has 0 radical (unpaired) electrons. The van der Waals surface area contributed by atoms with Gasteiger partial charge in [-0.2, -0.15) is 31.4 Å². The van der Waals surface area contributed by atoms with Crippen LogP contribution in [0.4, 0.5) is 26.3 Å². The summed E-state index contributed by atoms with van der Waals surface area (Å²) in [5.41, 5.74) is -0.902. The molecule has 0 spiro atoms. The highest BCUT2D eigenvalue weighted by atomic mass is 32.2. The van der Waals surface area contributed by atoms with Crippen LogP contribution in [0, 0.1) is 6.92 Å². The highest BCUT2D eigenvalue weighted by Crippen LogP contribution is 2.39. The van der Waals surface area contributed by atoms with Gasteiger partial charge in [0.2, 0.25) is 0 Å². The summed E-state index contributed by atoms with van der Waals surface area (Å²) in [6, 6.07) is 3.52. The first-order chi connectivity index (χ1) is 13.0. The van der Waals surface area contributed by atoms with E-state index in [0.717, 1.165) is 34.2 Å². The summed E-state index contributed by atoms with van der Waals surface area (Å²) in [5, 5.41) is 3.48. The van der Waals surface area contributed by atoms with Crippen LogP contribution in [0.15, 0.2) is 30.3 Å². The lowest BCUT2D eigenvalue weighted by Crippen LogP contribution is -2.42. The van der Waals surface area contributed by atoms with Gasteiger partial charge in [-0.05, 0) is 51.5 Å². The van der Waals surface area contributed by atoms with Gasteiger partial charge >= 0.3 is 12.4 Å². The van der Waals surface area contributed by atoms with Crippen LogP contribution in [0.25, 0.3) is 5.69 Å². The molecule has 29 heavy (non-hydrogen) atoms. The van der Waals surface area contributed by atoms with Crippen LogP contribution in [0.1, 0.15) is 43.8 Å². The van der Waals surface area contributed by atoms with E-state index in [4.69, 9.17) is 0 Å². The third-order valence-electron chi connectivity index (χ3n) is 4.09. The second kappa shape index (κ2) is 7.75. The maximum Gasteiger partial charge on any atom is 0.435 e. The predicted octanol–water partition coefficient (Wildman–Crippen LogP) is 5.20. The molecule has 0 saturated carbocycles. The van der Waals surface area contributed by atoms with Crippen LogP contribution in [-0.2, 0) is 17.2 Å². The lowest BCUT2D eigenvalue weighted by molar-refractivity contribution is -0.170. The Kier molecular flexibility index (Phi) is 6.25. The zero-order valence-electron chi connectivity index (χ0n) is 16.4. The average molecular weight is 441 g/mol. The summed E-state index contributed by atoms with van der Waals surface area (Å²) in [6.45, 7) is 6.10. The smallest absolute Gasteiger partial charge is 0.242 e. The first kappa shape index (κ1) is 23.4. The number of aromatic nitrogens is 2. The Morgan fingerprint density at radius 1 is 1.03 bits per heavy atom. The van der Waals surface area contributed by atoms with Gasteiger partial charge in [0.15, 0.2) is 5.69 Å². The number of halogens is 6. The molecule has 0 amide bonds. The Morgan fingerprint density at radius 3 is 1.93 bits per heavy atom. The second-order valence-corrected chi connectivity index (χ2v) is 9.82. The number of aryl methyl sites for hydroxylation is 1. The summed E-state index contributed by atoms with van der Waals surface area (Å²) in [7, 11) is -0.814. The summed E-state index contributed by atoms with van der Waals surface area (Å²) in [6.07, 6.45) is -9.33. The highest BCUT2D eigenvalue weighted by molar-refractivity contribution is 7.84. The van der Waals surface area contributed by atoms with Crippen molar-refractivity contribution in [2.45, 2.75) is 50.8 Å². The number of alkyl halides is 6. The molecule has 4 nitrogen and oxygen atoms in total. The van der Waals surface area contributed by atoms with Crippen molar-refractivity contribution in [3.63, 3.8) is 0 Å². The van der Waals surface area contributed by atoms with Crippen LogP contribution < -0.4 is 0 Å². The molecule has 0 aliphatic rings. The van der Waals surface area contributed by atoms with E-state index in [1.54, 1.807) is 20.8 Å². The minimum Gasteiger partial charge on any atom is -0.242 e. The molecule has 0 N–H and O–H groups in total. The van der Waals surface area contributed by atoms with Crippen molar-refractivity contribution >= 4 is 11.0 Å². The molecule has 1 aromatic heterocycles. The highest BCUT2D eigenvalue weighted by Gasteiger charge is 2.46. The number of hydrogen-bond acceptors (Lipinski definition) is 2. The zero-order chi connectivity index (χ0) is 22.4. The molecular weight excluding hydrogens is 420 g/mol. The van der Waals surface area contributed by atoms with Gasteiger partial charge in [0.25, 0.3) is 0 Å². The molecule has 2 atom stereocenters.